The number of rotatable bonds is 1. The summed E-state index contributed by atoms with van der Waals surface area (Å²) in [6, 6.07) is 0. The SMILES string of the molecule is C=CC1CCC2OCCN3CCOCCOCCN(CCOCCOCC3)CCOC2C1. The minimum Gasteiger partial charge on any atom is -0.378 e. The van der Waals surface area contributed by atoms with E-state index < -0.39 is 0 Å². The number of hydrogen-bond donors (Lipinski definition) is 0. The Kier molecular flexibility index (Phi) is 13.1. The lowest BCUT2D eigenvalue weighted by atomic mass is 9.85. The summed E-state index contributed by atoms with van der Waals surface area (Å²) in [6.07, 6.45) is 5.49. The lowest BCUT2D eigenvalue weighted by Crippen LogP contribution is -2.42. The molecule has 3 saturated heterocycles. The van der Waals surface area contributed by atoms with Gasteiger partial charge < -0.3 is 28.4 Å². The summed E-state index contributed by atoms with van der Waals surface area (Å²) in [5.41, 5.74) is 0. The highest BCUT2D eigenvalue weighted by Gasteiger charge is 2.31. The van der Waals surface area contributed by atoms with Gasteiger partial charge in [0.15, 0.2) is 0 Å². The molecular formula is C24H44N2O6. The molecule has 1 saturated carbocycles. The second-order valence-corrected chi connectivity index (χ2v) is 8.76. The van der Waals surface area contributed by atoms with Crippen molar-refractivity contribution in [3.63, 3.8) is 0 Å². The van der Waals surface area contributed by atoms with Crippen LogP contribution in [0.15, 0.2) is 12.7 Å². The van der Waals surface area contributed by atoms with Crippen LogP contribution in [0.5, 0.6) is 0 Å². The van der Waals surface area contributed by atoms with Crippen LogP contribution in [0.1, 0.15) is 19.3 Å². The Balaban J connectivity index is 1.65. The molecule has 2 bridgehead atoms. The van der Waals surface area contributed by atoms with Crippen molar-refractivity contribution in [1.29, 1.82) is 0 Å². The van der Waals surface area contributed by atoms with E-state index in [0.29, 0.717) is 72.0 Å². The van der Waals surface area contributed by atoms with Gasteiger partial charge in [0.05, 0.1) is 78.3 Å². The molecule has 1 aliphatic carbocycles. The molecule has 4 rings (SSSR count). The first kappa shape index (κ1) is 26.0. The Morgan fingerprint density at radius 1 is 0.531 bits per heavy atom. The molecule has 186 valence electrons. The van der Waals surface area contributed by atoms with E-state index in [1.165, 1.54) is 0 Å². The summed E-state index contributed by atoms with van der Waals surface area (Å²) >= 11 is 0. The molecule has 0 aromatic carbocycles. The van der Waals surface area contributed by atoms with Gasteiger partial charge in [0.25, 0.3) is 0 Å². The van der Waals surface area contributed by atoms with Gasteiger partial charge in [0.1, 0.15) is 0 Å². The second kappa shape index (κ2) is 16.1. The molecule has 3 heterocycles. The molecule has 3 aliphatic heterocycles. The van der Waals surface area contributed by atoms with Crippen LogP contribution >= 0.6 is 0 Å². The number of allylic oxidation sites excluding steroid dienone is 1. The van der Waals surface area contributed by atoms with Gasteiger partial charge in [-0.05, 0) is 25.2 Å². The average molecular weight is 457 g/mol. The van der Waals surface area contributed by atoms with E-state index in [1.54, 1.807) is 0 Å². The lowest BCUT2D eigenvalue weighted by molar-refractivity contribution is -0.106. The number of nitrogens with zero attached hydrogens (tertiary/aromatic N) is 2. The topological polar surface area (TPSA) is 61.9 Å². The van der Waals surface area contributed by atoms with E-state index >= 15 is 0 Å². The Morgan fingerprint density at radius 2 is 0.969 bits per heavy atom. The van der Waals surface area contributed by atoms with Gasteiger partial charge in [-0.1, -0.05) is 6.08 Å². The Morgan fingerprint density at radius 3 is 1.44 bits per heavy atom. The normalized spacial score (nSPS) is 35.9. The van der Waals surface area contributed by atoms with Crippen LogP contribution in [0, 0.1) is 5.92 Å². The molecule has 0 amide bonds. The summed E-state index contributed by atoms with van der Waals surface area (Å²) in [6.45, 7) is 15.8. The minimum atomic E-state index is 0.124. The van der Waals surface area contributed by atoms with Crippen molar-refractivity contribution in [1.82, 2.24) is 9.80 Å². The molecule has 3 unspecified atom stereocenters. The van der Waals surface area contributed by atoms with Gasteiger partial charge >= 0.3 is 0 Å². The first-order valence-corrected chi connectivity index (χ1v) is 12.5. The van der Waals surface area contributed by atoms with Crippen LogP contribution < -0.4 is 0 Å². The van der Waals surface area contributed by atoms with E-state index in [9.17, 15) is 0 Å². The monoisotopic (exact) mass is 456 g/mol. The van der Waals surface area contributed by atoms with Crippen molar-refractivity contribution >= 4 is 0 Å². The Bertz CT molecular complexity index is 477. The minimum absolute atomic E-state index is 0.124. The zero-order chi connectivity index (χ0) is 22.3. The van der Waals surface area contributed by atoms with Gasteiger partial charge in [0, 0.05) is 39.3 Å². The molecular weight excluding hydrogens is 412 g/mol. The van der Waals surface area contributed by atoms with Crippen LogP contribution in [0.2, 0.25) is 0 Å². The zero-order valence-corrected chi connectivity index (χ0v) is 19.8. The van der Waals surface area contributed by atoms with Gasteiger partial charge in [0.2, 0.25) is 0 Å². The maximum Gasteiger partial charge on any atom is 0.0842 e. The Labute approximate surface area is 194 Å². The predicted molar refractivity (Wildman–Crippen MR) is 123 cm³/mol. The first-order chi connectivity index (χ1) is 15.8. The molecule has 8 heteroatoms. The highest BCUT2D eigenvalue weighted by molar-refractivity contribution is 4.90. The third-order valence-electron chi connectivity index (χ3n) is 6.54. The molecule has 0 aromatic heterocycles. The Hall–Kier alpha value is -0.580. The number of hydrogen-bond acceptors (Lipinski definition) is 8. The molecule has 3 atom stereocenters. The van der Waals surface area contributed by atoms with Gasteiger partial charge in [-0.25, -0.2) is 0 Å². The summed E-state index contributed by atoms with van der Waals surface area (Å²) < 4.78 is 36.0. The van der Waals surface area contributed by atoms with Crippen LogP contribution in [0.4, 0.5) is 0 Å². The van der Waals surface area contributed by atoms with Gasteiger partial charge in [-0.15, -0.1) is 6.58 Å². The molecule has 4 aliphatic rings. The van der Waals surface area contributed by atoms with Crippen molar-refractivity contribution in [2.24, 2.45) is 5.92 Å². The summed E-state index contributed by atoms with van der Waals surface area (Å²) in [5.74, 6) is 0.513. The van der Waals surface area contributed by atoms with Crippen molar-refractivity contribution in [3.8, 4) is 0 Å². The molecule has 32 heavy (non-hydrogen) atoms. The zero-order valence-electron chi connectivity index (χ0n) is 19.8. The van der Waals surface area contributed by atoms with Crippen molar-refractivity contribution in [3.05, 3.63) is 12.7 Å². The number of ether oxygens (including phenoxy) is 6. The van der Waals surface area contributed by atoms with Crippen LogP contribution in [-0.2, 0) is 28.4 Å². The highest BCUT2D eigenvalue weighted by atomic mass is 16.5. The predicted octanol–water partition coefficient (Wildman–Crippen LogP) is 1.44. The largest absolute Gasteiger partial charge is 0.378 e. The van der Waals surface area contributed by atoms with Crippen LogP contribution in [0.3, 0.4) is 0 Å². The van der Waals surface area contributed by atoms with Gasteiger partial charge in [-0.3, -0.25) is 9.80 Å². The maximum absolute atomic E-state index is 6.40. The van der Waals surface area contributed by atoms with E-state index in [2.05, 4.69) is 22.5 Å². The van der Waals surface area contributed by atoms with Crippen LogP contribution in [0.25, 0.3) is 0 Å². The van der Waals surface area contributed by atoms with E-state index in [0.717, 1.165) is 58.5 Å². The summed E-state index contributed by atoms with van der Waals surface area (Å²) in [4.78, 5) is 4.71. The highest BCUT2D eigenvalue weighted by Crippen LogP contribution is 2.29. The quantitative estimate of drug-likeness (QED) is 0.550. The second-order valence-electron chi connectivity index (χ2n) is 8.76. The fraction of sp³-hybridized carbons (Fsp3) is 0.917. The van der Waals surface area contributed by atoms with Crippen molar-refractivity contribution < 1.29 is 28.4 Å². The summed E-state index contributed by atoms with van der Waals surface area (Å²) in [5, 5.41) is 0. The van der Waals surface area contributed by atoms with Crippen molar-refractivity contribution in [2.45, 2.75) is 31.5 Å². The molecule has 0 N–H and O–H groups in total. The number of fused-ring (bicyclic) bond motifs is 18. The molecule has 0 spiro atoms. The summed E-state index contributed by atoms with van der Waals surface area (Å²) in [7, 11) is 0. The van der Waals surface area contributed by atoms with E-state index in [-0.39, 0.29) is 12.2 Å². The molecule has 0 aromatic rings. The maximum atomic E-state index is 6.40. The van der Waals surface area contributed by atoms with E-state index in [1.807, 2.05) is 0 Å². The third-order valence-corrected chi connectivity index (χ3v) is 6.54. The average Bonchev–Trinajstić information content (AvgIpc) is 2.81. The fourth-order valence-corrected chi connectivity index (χ4v) is 4.47. The smallest absolute Gasteiger partial charge is 0.0842 e. The first-order valence-electron chi connectivity index (χ1n) is 12.5. The van der Waals surface area contributed by atoms with E-state index in [4.69, 9.17) is 28.4 Å². The molecule has 0 radical (unpaired) electrons. The van der Waals surface area contributed by atoms with Crippen LogP contribution in [-0.4, -0.2) is 127 Å². The van der Waals surface area contributed by atoms with Gasteiger partial charge in [-0.2, -0.15) is 0 Å². The van der Waals surface area contributed by atoms with Crippen molar-refractivity contribution in [2.75, 3.05) is 105 Å². The molecule has 8 nitrogen and oxygen atoms in total. The molecule has 4 fully saturated rings. The fourth-order valence-electron chi connectivity index (χ4n) is 4.47. The third kappa shape index (κ3) is 10.1. The lowest BCUT2D eigenvalue weighted by Gasteiger charge is -2.36. The standard InChI is InChI=1S/C24H44N2O6/c1-2-22-3-4-23-24(21-22)32-16-10-26-7-13-29-19-17-27-11-5-25(9-15-31-23)6-12-28-18-20-30-14-8-26/h2,22-24H,1,3-21H2.